The Labute approximate surface area is 137 Å². The highest BCUT2D eigenvalue weighted by Gasteiger charge is 2.39. The molecule has 2 aliphatic rings. The molecule has 0 radical (unpaired) electrons. The Morgan fingerprint density at radius 2 is 2.00 bits per heavy atom. The fourth-order valence-electron chi connectivity index (χ4n) is 3.60. The summed E-state index contributed by atoms with van der Waals surface area (Å²) in [6.45, 7) is 3.75. The lowest BCUT2D eigenvalue weighted by molar-refractivity contribution is -0.136. The molecule has 0 N–H and O–H groups in total. The molecule has 0 saturated carbocycles. The fourth-order valence-corrected chi connectivity index (χ4v) is 4.72. The number of rotatable bonds is 3. The first-order chi connectivity index (χ1) is 10.9. The van der Waals surface area contributed by atoms with E-state index >= 15 is 0 Å². The van der Waals surface area contributed by atoms with Crippen molar-refractivity contribution < 1.29 is 13.2 Å². The molecule has 1 aromatic rings. The molecule has 1 aromatic heterocycles. The van der Waals surface area contributed by atoms with Gasteiger partial charge in [-0.2, -0.15) is 9.40 Å². The van der Waals surface area contributed by atoms with E-state index < -0.39 is 16.1 Å². The number of carbonyl (C=O) groups is 1. The van der Waals surface area contributed by atoms with Crippen molar-refractivity contribution in [3.05, 3.63) is 18.0 Å². The summed E-state index contributed by atoms with van der Waals surface area (Å²) < 4.78 is 27.0. The maximum atomic E-state index is 12.8. The van der Waals surface area contributed by atoms with E-state index in [1.54, 1.807) is 0 Å². The van der Waals surface area contributed by atoms with Crippen LogP contribution in [0.15, 0.2) is 12.4 Å². The van der Waals surface area contributed by atoms with Gasteiger partial charge in [-0.1, -0.05) is 0 Å². The molecule has 2 aliphatic heterocycles. The van der Waals surface area contributed by atoms with Gasteiger partial charge in [0.2, 0.25) is 15.9 Å². The minimum atomic E-state index is -3.33. The van der Waals surface area contributed by atoms with E-state index in [1.807, 2.05) is 28.9 Å². The van der Waals surface area contributed by atoms with Gasteiger partial charge in [0, 0.05) is 25.8 Å². The standard InChI is InChI=1S/C15H24N4O3S/c1-12-9-16-18(10-12)13-5-3-7-17(11-13)15(20)14-6-4-8-19(14)23(2,21)22/h9-10,13-14H,3-8,11H2,1-2H3. The first-order valence-electron chi connectivity index (χ1n) is 8.12. The van der Waals surface area contributed by atoms with Crippen LogP contribution >= 0.6 is 0 Å². The number of nitrogens with zero attached hydrogens (tertiary/aromatic N) is 4. The van der Waals surface area contributed by atoms with Gasteiger partial charge in [-0.05, 0) is 38.2 Å². The minimum Gasteiger partial charge on any atom is -0.339 e. The molecule has 0 aromatic carbocycles. The van der Waals surface area contributed by atoms with Crippen molar-refractivity contribution in [2.24, 2.45) is 0 Å². The van der Waals surface area contributed by atoms with Crippen LogP contribution in [0.3, 0.4) is 0 Å². The maximum Gasteiger partial charge on any atom is 0.241 e. The summed E-state index contributed by atoms with van der Waals surface area (Å²) in [5.74, 6) is -0.0542. The Bertz CT molecular complexity index is 685. The lowest BCUT2D eigenvalue weighted by Crippen LogP contribution is -2.50. The number of piperidine rings is 1. The Morgan fingerprint density at radius 1 is 1.26 bits per heavy atom. The van der Waals surface area contributed by atoms with E-state index in [-0.39, 0.29) is 11.9 Å². The summed E-state index contributed by atoms with van der Waals surface area (Å²) in [4.78, 5) is 14.6. The molecule has 23 heavy (non-hydrogen) atoms. The zero-order chi connectivity index (χ0) is 16.6. The molecular weight excluding hydrogens is 316 g/mol. The minimum absolute atomic E-state index is 0.0542. The summed E-state index contributed by atoms with van der Waals surface area (Å²) in [5, 5.41) is 4.36. The van der Waals surface area contributed by atoms with Gasteiger partial charge in [0.05, 0.1) is 18.5 Å². The third-order valence-corrected chi connectivity index (χ3v) is 6.02. The number of likely N-dealkylation sites (tertiary alicyclic amines) is 1. The molecule has 1 amide bonds. The number of hydrogen-bond donors (Lipinski definition) is 0. The van der Waals surface area contributed by atoms with Crippen molar-refractivity contribution in [2.75, 3.05) is 25.9 Å². The summed E-state index contributed by atoms with van der Waals surface area (Å²) in [6, 6.07) is -0.349. The van der Waals surface area contributed by atoms with Crippen LogP contribution < -0.4 is 0 Å². The fraction of sp³-hybridized carbons (Fsp3) is 0.733. The third-order valence-electron chi connectivity index (χ3n) is 4.73. The number of hydrogen-bond acceptors (Lipinski definition) is 4. The van der Waals surface area contributed by atoms with Crippen LogP contribution in [0, 0.1) is 6.92 Å². The van der Waals surface area contributed by atoms with E-state index in [9.17, 15) is 13.2 Å². The van der Waals surface area contributed by atoms with Gasteiger partial charge in [0.25, 0.3) is 0 Å². The molecular formula is C15H24N4O3S. The van der Waals surface area contributed by atoms with Crippen LogP contribution in [0.25, 0.3) is 0 Å². The van der Waals surface area contributed by atoms with Crippen molar-refractivity contribution in [3.8, 4) is 0 Å². The van der Waals surface area contributed by atoms with Crippen molar-refractivity contribution in [1.29, 1.82) is 0 Å². The highest BCUT2D eigenvalue weighted by Crippen LogP contribution is 2.26. The summed E-state index contributed by atoms with van der Waals surface area (Å²) in [5.41, 5.74) is 1.10. The number of sulfonamides is 1. The molecule has 7 nitrogen and oxygen atoms in total. The Morgan fingerprint density at radius 3 is 2.65 bits per heavy atom. The average Bonchev–Trinajstić information content (AvgIpc) is 3.15. The zero-order valence-electron chi connectivity index (χ0n) is 13.7. The molecule has 8 heteroatoms. The van der Waals surface area contributed by atoms with Crippen molar-refractivity contribution >= 4 is 15.9 Å². The molecule has 2 fully saturated rings. The van der Waals surface area contributed by atoms with E-state index in [1.165, 1.54) is 10.6 Å². The van der Waals surface area contributed by atoms with E-state index in [0.29, 0.717) is 26.1 Å². The molecule has 0 spiro atoms. The van der Waals surface area contributed by atoms with Crippen LogP contribution in [0.2, 0.25) is 0 Å². The lowest BCUT2D eigenvalue weighted by atomic mass is 10.0. The predicted octanol–water partition coefficient (Wildman–Crippen LogP) is 0.779. The van der Waals surface area contributed by atoms with Crippen molar-refractivity contribution in [3.63, 3.8) is 0 Å². The highest BCUT2D eigenvalue weighted by molar-refractivity contribution is 7.88. The van der Waals surface area contributed by atoms with Crippen molar-refractivity contribution in [2.45, 2.75) is 44.7 Å². The maximum absolute atomic E-state index is 12.8. The SMILES string of the molecule is Cc1cnn(C2CCCN(C(=O)C3CCCN3S(C)(=O)=O)C2)c1. The number of amides is 1. The van der Waals surface area contributed by atoms with Crippen LogP contribution in [0.4, 0.5) is 0 Å². The van der Waals surface area contributed by atoms with Gasteiger partial charge < -0.3 is 4.90 Å². The second kappa shape index (κ2) is 6.24. The predicted molar refractivity (Wildman–Crippen MR) is 86.4 cm³/mol. The molecule has 0 aliphatic carbocycles. The first-order valence-corrected chi connectivity index (χ1v) is 9.97. The van der Waals surface area contributed by atoms with Crippen molar-refractivity contribution in [1.82, 2.24) is 19.0 Å². The topological polar surface area (TPSA) is 75.5 Å². The second-order valence-electron chi connectivity index (χ2n) is 6.61. The molecule has 3 heterocycles. The monoisotopic (exact) mass is 340 g/mol. The summed E-state index contributed by atoms with van der Waals surface area (Å²) in [6.07, 6.45) is 8.28. The Kier molecular flexibility index (Phi) is 4.46. The highest BCUT2D eigenvalue weighted by atomic mass is 32.2. The molecule has 2 saturated heterocycles. The van der Waals surface area contributed by atoms with Gasteiger partial charge >= 0.3 is 0 Å². The number of aryl methyl sites for hydroxylation is 1. The van der Waals surface area contributed by atoms with Crippen LogP contribution in [-0.2, 0) is 14.8 Å². The normalized spacial score (nSPS) is 26.6. The number of aromatic nitrogens is 2. The zero-order valence-corrected chi connectivity index (χ0v) is 14.5. The van der Waals surface area contributed by atoms with Gasteiger partial charge in [0.1, 0.15) is 6.04 Å². The van der Waals surface area contributed by atoms with Crippen LogP contribution in [-0.4, -0.2) is 65.2 Å². The van der Waals surface area contributed by atoms with E-state index in [0.717, 1.165) is 24.8 Å². The molecule has 2 atom stereocenters. The lowest BCUT2D eigenvalue weighted by Gasteiger charge is -2.35. The molecule has 0 bridgehead atoms. The Hall–Kier alpha value is -1.41. The van der Waals surface area contributed by atoms with Gasteiger partial charge in [-0.15, -0.1) is 0 Å². The van der Waals surface area contributed by atoms with Gasteiger partial charge in [-0.25, -0.2) is 8.42 Å². The van der Waals surface area contributed by atoms with Gasteiger partial charge in [-0.3, -0.25) is 9.48 Å². The third kappa shape index (κ3) is 3.42. The Balaban J connectivity index is 1.72. The molecule has 2 unspecified atom stereocenters. The van der Waals surface area contributed by atoms with Crippen LogP contribution in [0.5, 0.6) is 0 Å². The van der Waals surface area contributed by atoms with E-state index in [2.05, 4.69) is 5.10 Å². The number of carbonyl (C=O) groups excluding carboxylic acids is 1. The summed E-state index contributed by atoms with van der Waals surface area (Å²) >= 11 is 0. The quantitative estimate of drug-likeness (QED) is 0.815. The molecule has 3 rings (SSSR count). The summed E-state index contributed by atoms with van der Waals surface area (Å²) in [7, 11) is -3.33. The van der Waals surface area contributed by atoms with Gasteiger partial charge in [0.15, 0.2) is 0 Å². The average molecular weight is 340 g/mol. The first kappa shape index (κ1) is 16.4. The molecule has 128 valence electrons. The van der Waals surface area contributed by atoms with Crippen LogP contribution in [0.1, 0.15) is 37.3 Å². The smallest absolute Gasteiger partial charge is 0.241 e. The van der Waals surface area contributed by atoms with E-state index in [4.69, 9.17) is 0 Å². The largest absolute Gasteiger partial charge is 0.339 e. The second-order valence-corrected chi connectivity index (χ2v) is 8.54.